The maximum Gasteiger partial charge on any atom is 0.0695 e. The molecule has 1 heterocycles. The van der Waals surface area contributed by atoms with Crippen LogP contribution in [0, 0.1) is 17.8 Å². The molecule has 0 bridgehead atoms. The molecular formula is C12H23NO. The zero-order chi connectivity index (χ0) is 10.1. The second kappa shape index (κ2) is 4.19. The Hall–Kier alpha value is -0.0800. The minimum Gasteiger partial charge on any atom is -0.392 e. The van der Waals surface area contributed by atoms with Gasteiger partial charge in [0.2, 0.25) is 0 Å². The topological polar surface area (TPSA) is 23.5 Å². The van der Waals surface area contributed by atoms with Gasteiger partial charge in [0.25, 0.3) is 0 Å². The molecule has 2 aliphatic rings. The van der Waals surface area contributed by atoms with Crippen molar-refractivity contribution in [3.63, 3.8) is 0 Å². The first-order chi connectivity index (χ1) is 6.66. The molecule has 3 unspecified atom stereocenters. The average Bonchev–Trinajstić information content (AvgIpc) is 2.94. The Morgan fingerprint density at radius 2 is 1.93 bits per heavy atom. The molecule has 1 saturated carbocycles. The molecular weight excluding hydrogens is 174 g/mol. The minimum atomic E-state index is -0.0457. The number of aliphatic hydroxyl groups is 1. The van der Waals surface area contributed by atoms with Crippen LogP contribution in [0.2, 0.25) is 0 Å². The summed E-state index contributed by atoms with van der Waals surface area (Å²) in [5, 5.41) is 9.85. The van der Waals surface area contributed by atoms with Crippen LogP contribution in [-0.2, 0) is 0 Å². The van der Waals surface area contributed by atoms with E-state index in [2.05, 4.69) is 18.7 Å². The van der Waals surface area contributed by atoms with Crippen LogP contribution in [0.3, 0.4) is 0 Å². The molecule has 2 nitrogen and oxygen atoms in total. The number of likely N-dealkylation sites (tertiary alicyclic amines) is 1. The molecule has 2 rings (SSSR count). The predicted octanol–water partition coefficient (Wildman–Crippen LogP) is 1.74. The van der Waals surface area contributed by atoms with Crippen LogP contribution in [0.1, 0.15) is 33.1 Å². The van der Waals surface area contributed by atoms with Crippen LogP contribution in [0.5, 0.6) is 0 Å². The summed E-state index contributed by atoms with van der Waals surface area (Å²) in [4.78, 5) is 2.45. The molecule has 0 spiro atoms. The Morgan fingerprint density at radius 3 is 2.50 bits per heavy atom. The number of β-amino-alcohol motifs (C(OH)–C–C–N with tert-alkyl or cyclic N) is 1. The van der Waals surface area contributed by atoms with E-state index in [1.54, 1.807) is 0 Å². The van der Waals surface area contributed by atoms with Gasteiger partial charge in [0.1, 0.15) is 0 Å². The van der Waals surface area contributed by atoms with Gasteiger partial charge >= 0.3 is 0 Å². The lowest BCUT2D eigenvalue weighted by Gasteiger charge is -2.36. The normalized spacial score (nSPS) is 37.1. The van der Waals surface area contributed by atoms with E-state index in [0.29, 0.717) is 5.92 Å². The molecule has 2 fully saturated rings. The van der Waals surface area contributed by atoms with E-state index in [1.807, 2.05) is 0 Å². The summed E-state index contributed by atoms with van der Waals surface area (Å²) in [6, 6.07) is 0. The zero-order valence-corrected chi connectivity index (χ0v) is 9.45. The SMILES string of the molecule is CC1CCN(CC(O)C2CC2)CC1C. The van der Waals surface area contributed by atoms with Crippen LogP contribution < -0.4 is 0 Å². The molecule has 0 aromatic carbocycles. The molecule has 0 radical (unpaired) electrons. The van der Waals surface area contributed by atoms with Crippen LogP contribution in [-0.4, -0.2) is 35.7 Å². The van der Waals surface area contributed by atoms with Crippen molar-refractivity contribution in [1.82, 2.24) is 4.90 Å². The molecule has 3 atom stereocenters. The molecule has 1 saturated heterocycles. The highest BCUT2D eigenvalue weighted by Gasteiger charge is 2.32. The smallest absolute Gasteiger partial charge is 0.0695 e. The molecule has 14 heavy (non-hydrogen) atoms. The van der Waals surface area contributed by atoms with Gasteiger partial charge < -0.3 is 10.0 Å². The second-order valence-electron chi connectivity index (χ2n) is 5.41. The van der Waals surface area contributed by atoms with Gasteiger partial charge in [-0.3, -0.25) is 0 Å². The lowest BCUT2D eigenvalue weighted by molar-refractivity contribution is 0.0598. The van der Waals surface area contributed by atoms with Crippen molar-refractivity contribution in [3.05, 3.63) is 0 Å². The summed E-state index contributed by atoms with van der Waals surface area (Å²) in [6.45, 7) is 7.97. The fraction of sp³-hybridized carbons (Fsp3) is 1.00. The number of rotatable bonds is 3. The first-order valence-corrected chi connectivity index (χ1v) is 6.07. The maximum atomic E-state index is 9.85. The third-order valence-electron chi connectivity index (χ3n) is 4.03. The number of hydrogen-bond acceptors (Lipinski definition) is 2. The van der Waals surface area contributed by atoms with E-state index in [-0.39, 0.29) is 6.10 Å². The highest BCUT2D eigenvalue weighted by molar-refractivity contribution is 4.85. The largest absolute Gasteiger partial charge is 0.392 e. The molecule has 0 amide bonds. The van der Waals surface area contributed by atoms with Crippen molar-refractivity contribution >= 4 is 0 Å². The van der Waals surface area contributed by atoms with E-state index < -0.39 is 0 Å². The monoisotopic (exact) mass is 197 g/mol. The van der Waals surface area contributed by atoms with Crippen LogP contribution in [0.25, 0.3) is 0 Å². The Labute approximate surface area is 87.3 Å². The lowest BCUT2D eigenvalue weighted by atomic mass is 9.88. The summed E-state index contributed by atoms with van der Waals surface area (Å²) in [6.07, 6.45) is 3.76. The minimum absolute atomic E-state index is 0.0457. The Balaban J connectivity index is 1.75. The fourth-order valence-electron chi connectivity index (χ4n) is 2.41. The molecule has 1 aliphatic heterocycles. The standard InChI is InChI=1S/C12H23NO/c1-9-5-6-13(7-10(9)2)8-12(14)11-3-4-11/h9-12,14H,3-8H2,1-2H3. The Kier molecular flexibility index (Phi) is 3.13. The third-order valence-corrected chi connectivity index (χ3v) is 4.03. The quantitative estimate of drug-likeness (QED) is 0.745. The number of piperidine rings is 1. The number of hydrogen-bond donors (Lipinski definition) is 1. The lowest BCUT2D eigenvalue weighted by Crippen LogP contribution is -2.42. The first-order valence-electron chi connectivity index (χ1n) is 6.07. The zero-order valence-electron chi connectivity index (χ0n) is 9.45. The average molecular weight is 197 g/mol. The Morgan fingerprint density at radius 1 is 1.21 bits per heavy atom. The molecule has 2 heteroatoms. The molecule has 0 aromatic rings. The summed E-state index contributed by atoms with van der Waals surface area (Å²) < 4.78 is 0. The van der Waals surface area contributed by atoms with Crippen molar-refractivity contribution in [2.75, 3.05) is 19.6 Å². The van der Waals surface area contributed by atoms with Gasteiger partial charge in [-0.15, -0.1) is 0 Å². The van der Waals surface area contributed by atoms with E-state index in [1.165, 1.54) is 32.4 Å². The van der Waals surface area contributed by atoms with Gasteiger partial charge in [0.15, 0.2) is 0 Å². The summed E-state index contributed by atoms with van der Waals surface area (Å²) in [5.41, 5.74) is 0. The number of aliphatic hydroxyl groups excluding tert-OH is 1. The van der Waals surface area contributed by atoms with E-state index in [4.69, 9.17) is 0 Å². The van der Waals surface area contributed by atoms with Crippen molar-refractivity contribution in [2.45, 2.75) is 39.2 Å². The summed E-state index contributed by atoms with van der Waals surface area (Å²) >= 11 is 0. The van der Waals surface area contributed by atoms with Crippen molar-refractivity contribution < 1.29 is 5.11 Å². The van der Waals surface area contributed by atoms with Crippen LogP contribution in [0.4, 0.5) is 0 Å². The summed E-state index contributed by atoms with van der Waals surface area (Å²) in [7, 11) is 0. The molecule has 82 valence electrons. The van der Waals surface area contributed by atoms with Gasteiger partial charge in [-0.25, -0.2) is 0 Å². The molecule has 1 aliphatic carbocycles. The van der Waals surface area contributed by atoms with Gasteiger partial charge in [-0.1, -0.05) is 13.8 Å². The highest BCUT2D eigenvalue weighted by Crippen LogP contribution is 2.33. The van der Waals surface area contributed by atoms with E-state index in [9.17, 15) is 5.11 Å². The summed E-state index contributed by atoms with van der Waals surface area (Å²) in [5.74, 6) is 2.30. The van der Waals surface area contributed by atoms with Crippen molar-refractivity contribution in [2.24, 2.45) is 17.8 Å². The Bertz CT molecular complexity index is 191. The van der Waals surface area contributed by atoms with Gasteiger partial charge in [-0.05, 0) is 43.6 Å². The second-order valence-corrected chi connectivity index (χ2v) is 5.41. The van der Waals surface area contributed by atoms with Gasteiger partial charge in [0, 0.05) is 13.1 Å². The van der Waals surface area contributed by atoms with Gasteiger partial charge in [0.05, 0.1) is 6.10 Å². The predicted molar refractivity (Wildman–Crippen MR) is 58.1 cm³/mol. The van der Waals surface area contributed by atoms with Crippen LogP contribution in [0.15, 0.2) is 0 Å². The highest BCUT2D eigenvalue weighted by atomic mass is 16.3. The number of nitrogens with zero attached hydrogens (tertiary/aromatic N) is 1. The van der Waals surface area contributed by atoms with Gasteiger partial charge in [-0.2, -0.15) is 0 Å². The molecule has 0 aromatic heterocycles. The fourth-order valence-corrected chi connectivity index (χ4v) is 2.41. The van der Waals surface area contributed by atoms with E-state index >= 15 is 0 Å². The first kappa shape index (κ1) is 10.4. The maximum absolute atomic E-state index is 9.85. The molecule has 1 N–H and O–H groups in total. The van der Waals surface area contributed by atoms with E-state index in [0.717, 1.165) is 18.4 Å². The van der Waals surface area contributed by atoms with Crippen molar-refractivity contribution in [1.29, 1.82) is 0 Å². The van der Waals surface area contributed by atoms with Crippen LogP contribution >= 0.6 is 0 Å². The van der Waals surface area contributed by atoms with Crippen molar-refractivity contribution in [3.8, 4) is 0 Å². The third kappa shape index (κ3) is 2.48.